The Bertz CT molecular complexity index is 403. The number of Topliss-reactive ketones (excluding diaryl/α,β-unsaturated/α-hetero) is 1. The first-order valence-corrected chi connectivity index (χ1v) is 7.24. The molecule has 1 saturated heterocycles. The summed E-state index contributed by atoms with van der Waals surface area (Å²) in [5.41, 5.74) is 0. The second-order valence-electron chi connectivity index (χ2n) is 5.67. The van der Waals surface area contributed by atoms with Crippen LogP contribution in [0.3, 0.4) is 0 Å². The van der Waals surface area contributed by atoms with Gasteiger partial charge in [0, 0.05) is 12.8 Å². The van der Waals surface area contributed by atoms with Gasteiger partial charge in [0.1, 0.15) is 30.1 Å². The fraction of sp³-hybridized carbons (Fsp3) is 0.857. The Morgan fingerprint density at radius 1 is 1.23 bits per heavy atom. The molecule has 1 aliphatic rings. The molecule has 1 rings (SSSR count). The van der Waals surface area contributed by atoms with Gasteiger partial charge in [0.05, 0.1) is 12.7 Å². The third-order valence-corrected chi connectivity index (χ3v) is 3.94. The van der Waals surface area contributed by atoms with Crippen LogP contribution in [-0.4, -0.2) is 70.4 Å². The van der Waals surface area contributed by atoms with Crippen LogP contribution in [0.15, 0.2) is 0 Å². The summed E-state index contributed by atoms with van der Waals surface area (Å²) in [6.45, 7) is 5.55. The van der Waals surface area contributed by atoms with Crippen molar-refractivity contribution in [1.82, 2.24) is 5.32 Å². The number of carbonyl (C=O) groups is 2. The Labute approximate surface area is 129 Å². The highest BCUT2D eigenvalue weighted by Gasteiger charge is 2.46. The molecule has 0 saturated carbocycles. The van der Waals surface area contributed by atoms with Crippen molar-refractivity contribution >= 4 is 11.7 Å². The van der Waals surface area contributed by atoms with E-state index >= 15 is 0 Å². The summed E-state index contributed by atoms with van der Waals surface area (Å²) in [5.74, 6) is -0.903. The molecule has 0 aromatic heterocycles. The SMILES string of the molecule is CC(=O)NC1[C@@H](OC(C)C(C)C(C)=O)OC(CO)[C@H](O)[C@@H]1O. The maximum Gasteiger partial charge on any atom is 0.217 e. The quantitative estimate of drug-likeness (QED) is 0.472. The van der Waals surface area contributed by atoms with Gasteiger partial charge in [0.15, 0.2) is 6.29 Å². The lowest BCUT2D eigenvalue weighted by atomic mass is 9.96. The smallest absolute Gasteiger partial charge is 0.217 e. The van der Waals surface area contributed by atoms with Crippen molar-refractivity contribution in [2.75, 3.05) is 6.61 Å². The summed E-state index contributed by atoms with van der Waals surface area (Å²) in [5, 5.41) is 31.7. The second kappa shape index (κ2) is 7.98. The number of nitrogens with one attached hydrogen (secondary N) is 1. The minimum atomic E-state index is -1.36. The normalized spacial score (nSPS) is 34.8. The topological polar surface area (TPSA) is 125 Å². The number of hydrogen-bond donors (Lipinski definition) is 4. The summed E-state index contributed by atoms with van der Waals surface area (Å²) in [6, 6.07) is -1.00. The Morgan fingerprint density at radius 3 is 2.27 bits per heavy atom. The third kappa shape index (κ3) is 4.47. The molecule has 7 atom stereocenters. The van der Waals surface area contributed by atoms with Crippen LogP contribution in [0.4, 0.5) is 0 Å². The number of rotatable bonds is 6. The molecule has 0 spiro atoms. The Kier molecular flexibility index (Phi) is 6.89. The van der Waals surface area contributed by atoms with Crippen molar-refractivity contribution in [2.24, 2.45) is 5.92 Å². The molecular weight excluding hydrogens is 294 g/mol. The van der Waals surface area contributed by atoms with Crippen LogP contribution in [0, 0.1) is 5.92 Å². The molecular formula is C14H25NO7. The molecule has 22 heavy (non-hydrogen) atoms. The lowest BCUT2D eigenvalue weighted by Gasteiger charge is -2.43. The predicted octanol–water partition coefficient (Wildman–Crippen LogP) is -1.44. The van der Waals surface area contributed by atoms with E-state index in [4.69, 9.17) is 9.47 Å². The van der Waals surface area contributed by atoms with E-state index in [0.29, 0.717) is 0 Å². The van der Waals surface area contributed by atoms with Crippen molar-refractivity contribution in [3.8, 4) is 0 Å². The Balaban J connectivity index is 2.89. The highest BCUT2D eigenvalue weighted by molar-refractivity contribution is 5.78. The van der Waals surface area contributed by atoms with Gasteiger partial charge in [-0.15, -0.1) is 0 Å². The molecule has 128 valence electrons. The lowest BCUT2D eigenvalue weighted by molar-refractivity contribution is -0.283. The Hall–Kier alpha value is -1.06. The molecule has 0 radical (unpaired) electrons. The number of carbonyl (C=O) groups excluding carboxylic acids is 2. The standard InChI is InChI=1S/C14H25NO7/c1-6(7(2)17)8(3)21-14-11(15-9(4)18)13(20)12(19)10(5-16)22-14/h6,8,10-14,16,19-20H,5H2,1-4H3,(H,15,18)/t6?,8?,10?,11?,12-,13+,14-/m0/s1. The maximum atomic E-state index is 11.4. The molecule has 8 nitrogen and oxygen atoms in total. The van der Waals surface area contributed by atoms with Gasteiger partial charge in [0.25, 0.3) is 0 Å². The van der Waals surface area contributed by atoms with Crippen LogP contribution in [0.1, 0.15) is 27.7 Å². The molecule has 1 fully saturated rings. The van der Waals surface area contributed by atoms with Crippen LogP contribution in [-0.2, 0) is 19.1 Å². The maximum absolute atomic E-state index is 11.4. The molecule has 1 amide bonds. The summed E-state index contributed by atoms with van der Waals surface area (Å²) in [4.78, 5) is 22.7. The molecule has 0 aromatic rings. The van der Waals surface area contributed by atoms with Gasteiger partial charge in [-0.05, 0) is 13.8 Å². The number of aliphatic hydroxyl groups is 3. The van der Waals surface area contributed by atoms with Crippen molar-refractivity contribution in [1.29, 1.82) is 0 Å². The zero-order valence-electron chi connectivity index (χ0n) is 13.2. The van der Waals surface area contributed by atoms with Crippen molar-refractivity contribution in [3.05, 3.63) is 0 Å². The van der Waals surface area contributed by atoms with E-state index in [1.165, 1.54) is 13.8 Å². The van der Waals surface area contributed by atoms with Crippen LogP contribution in [0.2, 0.25) is 0 Å². The minimum Gasteiger partial charge on any atom is -0.394 e. The van der Waals surface area contributed by atoms with Gasteiger partial charge < -0.3 is 30.1 Å². The van der Waals surface area contributed by atoms with Crippen molar-refractivity contribution < 1.29 is 34.4 Å². The fourth-order valence-corrected chi connectivity index (χ4v) is 2.25. The van der Waals surface area contributed by atoms with Gasteiger partial charge in [0.2, 0.25) is 5.91 Å². The van der Waals surface area contributed by atoms with Gasteiger partial charge in [-0.25, -0.2) is 0 Å². The van der Waals surface area contributed by atoms with E-state index in [1.807, 2.05) is 0 Å². The number of amides is 1. The molecule has 0 bridgehead atoms. The highest BCUT2D eigenvalue weighted by atomic mass is 16.7. The summed E-state index contributed by atoms with van der Waals surface area (Å²) in [7, 11) is 0. The second-order valence-corrected chi connectivity index (χ2v) is 5.67. The lowest BCUT2D eigenvalue weighted by Crippen LogP contribution is -2.65. The first-order valence-electron chi connectivity index (χ1n) is 7.24. The van der Waals surface area contributed by atoms with E-state index in [-0.39, 0.29) is 5.78 Å². The van der Waals surface area contributed by atoms with Gasteiger partial charge in [-0.3, -0.25) is 9.59 Å². The number of ether oxygens (including phenoxy) is 2. The van der Waals surface area contributed by atoms with Gasteiger partial charge in [-0.2, -0.15) is 0 Å². The largest absolute Gasteiger partial charge is 0.394 e. The average Bonchev–Trinajstić information content (AvgIpc) is 2.45. The van der Waals surface area contributed by atoms with E-state index in [1.54, 1.807) is 13.8 Å². The average molecular weight is 319 g/mol. The molecule has 1 aliphatic heterocycles. The summed E-state index contributed by atoms with van der Waals surface area (Å²) >= 11 is 0. The van der Waals surface area contributed by atoms with Gasteiger partial charge >= 0.3 is 0 Å². The predicted molar refractivity (Wildman–Crippen MR) is 75.8 cm³/mol. The van der Waals surface area contributed by atoms with Crippen molar-refractivity contribution in [2.45, 2.75) is 64.4 Å². The minimum absolute atomic E-state index is 0.0707. The molecule has 4 N–H and O–H groups in total. The van der Waals surface area contributed by atoms with E-state index in [9.17, 15) is 24.9 Å². The van der Waals surface area contributed by atoms with Crippen molar-refractivity contribution in [3.63, 3.8) is 0 Å². The third-order valence-electron chi connectivity index (χ3n) is 3.94. The number of hydrogen-bond acceptors (Lipinski definition) is 7. The van der Waals surface area contributed by atoms with E-state index in [2.05, 4.69) is 5.32 Å². The molecule has 1 heterocycles. The summed E-state index contributed by atoms with van der Waals surface area (Å²) < 4.78 is 11.1. The van der Waals surface area contributed by atoms with Crippen LogP contribution in [0.25, 0.3) is 0 Å². The molecule has 4 unspecified atom stereocenters. The van der Waals surface area contributed by atoms with Crippen LogP contribution >= 0.6 is 0 Å². The van der Waals surface area contributed by atoms with Crippen LogP contribution < -0.4 is 5.32 Å². The first kappa shape index (κ1) is 19.0. The van der Waals surface area contributed by atoms with E-state index in [0.717, 1.165) is 0 Å². The number of ketones is 1. The van der Waals surface area contributed by atoms with E-state index < -0.39 is 55.2 Å². The molecule has 0 aliphatic carbocycles. The highest BCUT2D eigenvalue weighted by Crippen LogP contribution is 2.24. The van der Waals surface area contributed by atoms with Crippen LogP contribution in [0.5, 0.6) is 0 Å². The Morgan fingerprint density at radius 2 is 1.82 bits per heavy atom. The first-order chi connectivity index (χ1) is 10.2. The zero-order chi connectivity index (χ0) is 17.0. The van der Waals surface area contributed by atoms with Gasteiger partial charge in [-0.1, -0.05) is 6.92 Å². The monoisotopic (exact) mass is 319 g/mol. The zero-order valence-corrected chi connectivity index (χ0v) is 13.2. The summed E-state index contributed by atoms with van der Waals surface area (Å²) in [6.07, 6.45) is -5.37. The number of aliphatic hydroxyl groups excluding tert-OH is 3. The molecule has 8 heteroatoms. The fourth-order valence-electron chi connectivity index (χ4n) is 2.25. The molecule has 0 aromatic carbocycles.